The van der Waals surface area contributed by atoms with Crippen molar-refractivity contribution in [2.24, 2.45) is 5.92 Å². The summed E-state index contributed by atoms with van der Waals surface area (Å²) in [4.78, 5) is 24.0. The highest BCUT2D eigenvalue weighted by Gasteiger charge is 2.16. The summed E-state index contributed by atoms with van der Waals surface area (Å²) in [5, 5.41) is 5.59. The van der Waals surface area contributed by atoms with E-state index in [1.165, 1.54) is 25.7 Å². The van der Waals surface area contributed by atoms with Gasteiger partial charge < -0.3 is 10.6 Å². The van der Waals surface area contributed by atoms with Crippen LogP contribution in [0.2, 0.25) is 0 Å². The summed E-state index contributed by atoms with van der Waals surface area (Å²) in [6, 6.07) is 17.4. The molecule has 0 saturated heterocycles. The summed E-state index contributed by atoms with van der Waals surface area (Å²) in [7, 11) is 0. The molecule has 3 rings (SSSR count). The maximum Gasteiger partial charge on any atom is 0.251 e. The van der Waals surface area contributed by atoms with E-state index in [9.17, 15) is 9.59 Å². The van der Waals surface area contributed by atoms with Gasteiger partial charge in [0.1, 0.15) is 0 Å². The number of carbonyl (C=O) groups is 2. The van der Waals surface area contributed by atoms with Crippen LogP contribution in [0, 0.1) is 5.92 Å². The Morgan fingerprint density at radius 3 is 2.16 bits per heavy atom. The van der Waals surface area contributed by atoms with Crippen molar-refractivity contribution < 1.29 is 9.59 Å². The Hall–Kier alpha value is -2.62. The molecule has 0 aromatic heterocycles. The molecular weight excluding hydrogens is 312 g/mol. The van der Waals surface area contributed by atoms with Crippen LogP contribution >= 0.6 is 0 Å². The highest BCUT2D eigenvalue weighted by atomic mass is 16.2. The predicted molar refractivity (Wildman–Crippen MR) is 99.2 cm³/mol. The first-order chi connectivity index (χ1) is 12.2. The van der Waals surface area contributed by atoms with Crippen molar-refractivity contribution in [1.29, 1.82) is 0 Å². The lowest BCUT2D eigenvalue weighted by Gasteiger charge is -2.11. The van der Waals surface area contributed by atoms with Gasteiger partial charge in [-0.1, -0.05) is 55.3 Å². The molecule has 0 bridgehead atoms. The van der Waals surface area contributed by atoms with Gasteiger partial charge in [0.2, 0.25) is 5.91 Å². The van der Waals surface area contributed by atoms with E-state index in [1.807, 2.05) is 42.5 Å². The highest BCUT2D eigenvalue weighted by molar-refractivity contribution is 5.96. The maximum atomic E-state index is 12.2. The fourth-order valence-electron chi connectivity index (χ4n) is 3.24. The molecule has 0 unspecified atom stereocenters. The summed E-state index contributed by atoms with van der Waals surface area (Å²) in [5.74, 6) is 0.252. The third kappa shape index (κ3) is 4.92. The SMILES string of the molecule is O=C(CNC(=O)c1ccc(-c2ccccc2)cc1)NCC1CCCC1. The molecular formula is C21H24N2O2. The van der Waals surface area contributed by atoms with E-state index in [4.69, 9.17) is 0 Å². The number of hydrogen-bond acceptors (Lipinski definition) is 2. The minimum atomic E-state index is -0.226. The van der Waals surface area contributed by atoms with E-state index in [0.29, 0.717) is 11.5 Å². The third-order valence-electron chi connectivity index (χ3n) is 4.73. The number of rotatable bonds is 6. The lowest BCUT2D eigenvalue weighted by atomic mass is 10.0. The van der Waals surface area contributed by atoms with Crippen LogP contribution in [0.4, 0.5) is 0 Å². The van der Waals surface area contributed by atoms with E-state index >= 15 is 0 Å². The Morgan fingerprint density at radius 1 is 0.840 bits per heavy atom. The third-order valence-corrected chi connectivity index (χ3v) is 4.73. The Bertz CT molecular complexity index is 704. The molecule has 0 atom stereocenters. The van der Waals surface area contributed by atoms with Gasteiger partial charge in [0.15, 0.2) is 0 Å². The van der Waals surface area contributed by atoms with E-state index in [2.05, 4.69) is 10.6 Å². The highest BCUT2D eigenvalue weighted by Crippen LogP contribution is 2.23. The molecule has 130 valence electrons. The second-order valence-corrected chi connectivity index (χ2v) is 6.58. The average molecular weight is 336 g/mol. The van der Waals surface area contributed by atoms with Crippen LogP contribution in [0.1, 0.15) is 36.0 Å². The Balaban J connectivity index is 1.47. The quantitative estimate of drug-likeness (QED) is 0.849. The first kappa shape index (κ1) is 17.2. The number of amides is 2. The Labute approximate surface area is 148 Å². The zero-order valence-electron chi connectivity index (χ0n) is 14.3. The van der Waals surface area contributed by atoms with Crippen molar-refractivity contribution in [3.05, 3.63) is 60.2 Å². The molecule has 25 heavy (non-hydrogen) atoms. The van der Waals surface area contributed by atoms with Crippen molar-refractivity contribution >= 4 is 11.8 Å². The molecule has 1 aliphatic rings. The molecule has 1 saturated carbocycles. The zero-order chi connectivity index (χ0) is 17.5. The normalized spacial score (nSPS) is 14.2. The van der Waals surface area contributed by atoms with Gasteiger partial charge in [0, 0.05) is 12.1 Å². The molecule has 0 aliphatic heterocycles. The molecule has 4 heteroatoms. The predicted octanol–water partition coefficient (Wildman–Crippen LogP) is 3.39. The fourth-order valence-corrected chi connectivity index (χ4v) is 3.24. The molecule has 1 fully saturated rings. The Morgan fingerprint density at radius 2 is 1.48 bits per heavy atom. The van der Waals surface area contributed by atoms with Crippen LogP contribution in [-0.4, -0.2) is 24.9 Å². The molecule has 2 aromatic rings. The van der Waals surface area contributed by atoms with Crippen molar-refractivity contribution in [3.63, 3.8) is 0 Å². The van der Waals surface area contributed by atoms with E-state index in [0.717, 1.165) is 17.7 Å². The van der Waals surface area contributed by atoms with Gasteiger partial charge in [-0.25, -0.2) is 0 Å². The van der Waals surface area contributed by atoms with Gasteiger partial charge in [-0.15, -0.1) is 0 Å². The molecule has 0 heterocycles. The number of nitrogens with one attached hydrogen (secondary N) is 2. The first-order valence-corrected chi connectivity index (χ1v) is 8.93. The van der Waals surface area contributed by atoms with Crippen molar-refractivity contribution in [1.82, 2.24) is 10.6 Å². The van der Waals surface area contributed by atoms with Gasteiger partial charge in [-0.3, -0.25) is 9.59 Å². The van der Waals surface area contributed by atoms with Crippen molar-refractivity contribution in [2.75, 3.05) is 13.1 Å². The standard InChI is InChI=1S/C21H24N2O2/c24-20(22-14-16-6-4-5-7-16)15-23-21(25)19-12-10-18(11-13-19)17-8-2-1-3-9-17/h1-3,8-13,16H,4-7,14-15H2,(H,22,24)(H,23,25). The average Bonchev–Trinajstić information content (AvgIpc) is 3.19. The number of carbonyl (C=O) groups excluding carboxylic acids is 2. The maximum absolute atomic E-state index is 12.2. The van der Waals surface area contributed by atoms with Crippen LogP contribution in [-0.2, 0) is 4.79 Å². The molecule has 2 aromatic carbocycles. The lowest BCUT2D eigenvalue weighted by molar-refractivity contribution is -0.120. The summed E-state index contributed by atoms with van der Waals surface area (Å²) >= 11 is 0. The van der Waals surface area contributed by atoms with Crippen molar-refractivity contribution in [3.8, 4) is 11.1 Å². The van der Waals surface area contributed by atoms with E-state index < -0.39 is 0 Å². The van der Waals surface area contributed by atoms with Gasteiger partial charge in [0.25, 0.3) is 5.91 Å². The topological polar surface area (TPSA) is 58.2 Å². The molecule has 0 spiro atoms. The van der Waals surface area contributed by atoms with Crippen LogP contribution in [0.5, 0.6) is 0 Å². The monoisotopic (exact) mass is 336 g/mol. The first-order valence-electron chi connectivity index (χ1n) is 8.93. The van der Waals surface area contributed by atoms with Gasteiger partial charge in [-0.05, 0) is 42.0 Å². The largest absolute Gasteiger partial charge is 0.354 e. The summed E-state index contributed by atoms with van der Waals surface area (Å²) in [5.41, 5.74) is 2.73. The van der Waals surface area contributed by atoms with Crippen molar-refractivity contribution in [2.45, 2.75) is 25.7 Å². The summed E-state index contributed by atoms with van der Waals surface area (Å²) in [6.07, 6.45) is 4.91. The van der Waals surface area contributed by atoms with E-state index in [-0.39, 0.29) is 18.4 Å². The fraction of sp³-hybridized carbons (Fsp3) is 0.333. The summed E-state index contributed by atoms with van der Waals surface area (Å²) in [6.45, 7) is 0.743. The molecule has 2 N–H and O–H groups in total. The number of benzene rings is 2. The Kier molecular flexibility index (Phi) is 5.83. The van der Waals surface area contributed by atoms with Gasteiger partial charge in [0.05, 0.1) is 6.54 Å². The lowest BCUT2D eigenvalue weighted by Crippen LogP contribution is -2.38. The minimum absolute atomic E-state index is 0.0198. The van der Waals surface area contributed by atoms with Gasteiger partial charge >= 0.3 is 0 Å². The molecule has 2 amide bonds. The van der Waals surface area contributed by atoms with Crippen LogP contribution in [0.25, 0.3) is 11.1 Å². The number of hydrogen-bond donors (Lipinski definition) is 2. The van der Waals surface area contributed by atoms with Gasteiger partial charge in [-0.2, -0.15) is 0 Å². The smallest absolute Gasteiger partial charge is 0.251 e. The van der Waals surface area contributed by atoms with Crippen LogP contribution < -0.4 is 10.6 Å². The zero-order valence-corrected chi connectivity index (χ0v) is 14.3. The minimum Gasteiger partial charge on any atom is -0.354 e. The summed E-state index contributed by atoms with van der Waals surface area (Å²) < 4.78 is 0. The van der Waals surface area contributed by atoms with Crippen LogP contribution in [0.15, 0.2) is 54.6 Å². The van der Waals surface area contributed by atoms with E-state index in [1.54, 1.807) is 12.1 Å². The second kappa shape index (κ2) is 8.47. The molecule has 0 radical (unpaired) electrons. The van der Waals surface area contributed by atoms with Crippen LogP contribution in [0.3, 0.4) is 0 Å². The second-order valence-electron chi connectivity index (χ2n) is 6.58. The molecule has 4 nitrogen and oxygen atoms in total. The molecule has 1 aliphatic carbocycles.